The first-order valence-electron chi connectivity index (χ1n) is 10.0. The fraction of sp³-hybridized carbons (Fsp3) is 0.700. The maximum absolute atomic E-state index is 11.6. The summed E-state index contributed by atoms with van der Waals surface area (Å²) in [5.41, 5.74) is 0.0705. The quantitative estimate of drug-likeness (QED) is 0.401. The van der Waals surface area contributed by atoms with Crippen molar-refractivity contribution in [1.82, 2.24) is 20.1 Å². The van der Waals surface area contributed by atoms with Crippen molar-refractivity contribution in [3.63, 3.8) is 0 Å². The second kappa shape index (κ2) is 11.7. The van der Waals surface area contributed by atoms with Crippen molar-refractivity contribution in [1.29, 1.82) is 0 Å². The van der Waals surface area contributed by atoms with Gasteiger partial charge in [-0.25, -0.2) is 0 Å². The highest BCUT2D eigenvalue weighted by Gasteiger charge is 2.14. The molecule has 0 atom stereocenters. The molecule has 1 aliphatic rings. The standard InChI is InChI=1S/C20H35N5O/c1-18-9-16-24(17-10-18)13-7-12-23-20(21-2)22-11-4-6-15-25-14-5-3-8-19(25)26/h3,5,8,14,18H,4,6-7,9-13,15-17H2,1-2H3,(H2,21,22,23). The Balaban J connectivity index is 1.51. The van der Waals surface area contributed by atoms with Crippen LogP contribution in [0.15, 0.2) is 34.2 Å². The number of aromatic nitrogens is 1. The van der Waals surface area contributed by atoms with Gasteiger partial charge in [0.25, 0.3) is 0 Å². The molecule has 6 nitrogen and oxygen atoms in total. The third-order valence-electron chi connectivity index (χ3n) is 5.06. The third kappa shape index (κ3) is 7.60. The molecule has 1 aliphatic heterocycles. The second-order valence-corrected chi connectivity index (χ2v) is 7.24. The number of guanidine groups is 1. The highest BCUT2D eigenvalue weighted by atomic mass is 16.1. The number of nitrogens with zero attached hydrogens (tertiary/aromatic N) is 3. The van der Waals surface area contributed by atoms with Gasteiger partial charge >= 0.3 is 0 Å². The summed E-state index contributed by atoms with van der Waals surface area (Å²) in [6, 6.07) is 5.28. The van der Waals surface area contributed by atoms with Gasteiger partial charge in [-0.05, 0) is 63.7 Å². The normalized spacial score (nSPS) is 16.6. The van der Waals surface area contributed by atoms with Crippen molar-refractivity contribution < 1.29 is 0 Å². The highest BCUT2D eigenvalue weighted by molar-refractivity contribution is 5.79. The molecule has 1 aromatic heterocycles. The molecule has 0 bridgehead atoms. The summed E-state index contributed by atoms with van der Waals surface area (Å²) in [6.07, 6.45) is 7.65. The van der Waals surface area contributed by atoms with E-state index in [4.69, 9.17) is 0 Å². The summed E-state index contributed by atoms with van der Waals surface area (Å²) >= 11 is 0. The summed E-state index contributed by atoms with van der Waals surface area (Å²) in [4.78, 5) is 18.5. The molecule has 0 aromatic carbocycles. The minimum atomic E-state index is 0.0705. The Morgan fingerprint density at radius 1 is 1.12 bits per heavy atom. The van der Waals surface area contributed by atoms with Crippen molar-refractivity contribution in [3.8, 4) is 0 Å². The first-order valence-corrected chi connectivity index (χ1v) is 10.0. The Morgan fingerprint density at radius 2 is 1.85 bits per heavy atom. The van der Waals surface area contributed by atoms with Crippen LogP contribution in [-0.2, 0) is 6.54 Å². The van der Waals surface area contributed by atoms with Crippen LogP contribution in [-0.4, -0.2) is 55.2 Å². The molecule has 0 saturated carbocycles. The van der Waals surface area contributed by atoms with E-state index in [9.17, 15) is 4.79 Å². The lowest BCUT2D eigenvalue weighted by Crippen LogP contribution is -2.40. The van der Waals surface area contributed by atoms with Crippen molar-refractivity contribution in [2.24, 2.45) is 10.9 Å². The molecule has 6 heteroatoms. The Morgan fingerprint density at radius 3 is 2.54 bits per heavy atom. The summed E-state index contributed by atoms with van der Waals surface area (Å²) < 4.78 is 1.76. The number of hydrogen-bond donors (Lipinski definition) is 2. The summed E-state index contributed by atoms with van der Waals surface area (Å²) in [5.74, 6) is 1.77. The number of aliphatic imine (C=N–C) groups is 1. The highest BCUT2D eigenvalue weighted by Crippen LogP contribution is 2.15. The second-order valence-electron chi connectivity index (χ2n) is 7.24. The number of pyridine rings is 1. The number of likely N-dealkylation sites (tertiary alicyclic amines) is 1. The van der Waals surface area contributed by atoms with Gasteiger partial charge < -0.3 is 20.1 Å². The molecule has 0 radical (unpaired) electrons. The Kier molecular flexibility index (Phi) is 9.24. The first kappa shape index (κ1) is 20.5. The Bertz CT molecular complexity index is 590. The van der Waals surface area contributed by atoms with Crippen LogP contribution >= 0.6 is 0 Å². The van der Waals surface area contributed by atoms with E-state index < -0.39 is 0 Å². The average Bonchev–Trinajstić information content (AvgIpc) is 2.66. The SMILES string of the molecule is CN=C(NCCCCn1ccccc1=O)NCCCN1CCC(C)CC1. The zero-order valence-corrected chi connectivity index (χ0v) is 16.4. The lowest BCUT2D eigenvalue weighted by molar-refractivity contribution is 0.191. The summed E-state index contributed by atoms with van der Waals surface area (Å²) in [5, 5.41) is 6.74. The molecule has 2 rings (SSSR count). The van der Waals surface area contributed by atoms with Crippen LogP contribution in [0.2, 0.25) is 0 Å². The van der Waals surface area contributed by atoms with Crippen LogP contribution in [0.1, 0.15) is 39.0 Å². The van der Waals surface area contributed by atoms with Gasteiger partial charge in [-0.1, -0.05) is 13.0 Å². The van der Waals surface area contributed by atoms with E-state index in [-0.39, 0.29) is 5.56 Å². The molecule has 2 N–H and O–H groups in total. The summed E-state index contributed by atoms with van der Waals surface area (Å²) in [7, 11) is 1.81. The minimum absolute atomic E-state index is 0.0705. The van der Waals surface area contributed by atoms with Gasteiger partial charge in [-0.2, -0.15) is 0 Å². The maximum atomic E-state index is 11.6. The molecule has 0 amide bonds. The van der Waals surface area contributed by atoms with Crippen molar-refractivity contribution in [3.05, 3.63) is 34.7 Å². The average molecular weight is 362 g/mol. The van der Waals surface area contributed by atoms with Crippen molar-refractivity contribution in [2.45, 2.75) is 45.6 Å². The Hall–Kier alpha value is -1.82. The van der Waals surface area contributed by atoms with Crippen LogP contribution in [0.4, 0.5) is 0 Å². The van der Waals surface area contributed by atoms with Gasteiger partial charge in [0.2, 0.25) is 5.56 Å². The molecule has 1 fully saturated rings. The lowest BCUT2D eigenvalue weighted by atomic mass is 9.99. The van der Waals surface area contributed by atoms with Gasteiger partial charge in [0.05, 0.1) is 0 Å². The monoisotopic (exact) mass is 361 g/mol. The van der Waals surface area contributed by atoms with Crippen molar-refractivity contribution in [2.75, 3.05) is 39.8 Å². The number of rotatable bonds is 9. The van der Waals surface area contributed by atoms with E-state index in [2.05, 4.69) is 27.4 Å². The van der Waals surface area contributed by atoms with Crippen LogP contribution in [0.5, 0.6) is 0 Å². The zero-order valence-electron chi connectivity index (χ0n) is 16.4. The lowest BCUT2D eigenvalue weighted by Gasteiger charge is -2.30. The first-order chi connectivity index (χ1) is 12.7. The molecule has 26 heavy (non-hydrogen) atoms. The Labute approximate surface area is 157 Å². The molecule has 146 valence electrons. The minimum Gasteiger partial charge on any atom is -0.356 e. The summed E-state index contributed by atoms with van der Waals surface area (Å²) in [6.45, 7) is 8.60. The van der Waals surface area contributed by atoms with E-state index in [0.29, 0.717) is 0 Å². The molecule has 0 aliphatic carbocycles. The van der Waals surface area contributed by atoms with Gasteiger partial charge in [0.1, 0.15) is 0 Å². The maximum Gasteiger partial charge on any atom is 0.250 e. The molecule has 0 unspecified atom stereocenters. The topological polar surface area (TPSA) is 61.7 Å². The van der Waals surface area contributed by atoms with E-state index in [1.165, 1.54) is 32.5 Å². The van der Waals surface area contributed by atoms with Gasteiger partial charge in [0.15, 0.2) is 5.96 Å². The molecular formula is C20H35N5O. The molecular weight excluding hydrogens is 326 g/mol. The van der Waals surface area contributed by atoms with Gasteiger partial charge in [-0.3, -0.25) is 9.79 Å². The third-order valence-corrected chi connectivity index (χ3v) is 5.06. The van der Waals surface area contributed by atoms with Crippen LogP contribution < -0.4 is 16.2 Å². The van der Waals surface area contributed by atoms with E-state index in [0.717, 1.165) is 50.8 Å². The number of piperidine rings is 1. The number of aryl methyl sites for hydroxylation is 1. The number of nitrogens with one attached hydrogen (secondary N) is 2. The fourth-order valence-electron chi connectivity index (χ4n) is 3.28. The van der Waals surface area contributed by atoms with E-state index >= 15 is 0 Å². The van der Waals surface area contributed by atoms with Gasteiger partial charge in [-0.15, -0.1) is 0 Å². The van der Waals surface area contributed by atoms with Crippen molar-refractivity contribution >= 4 is 5.96 Å². The largest absolute Gasteiger partial charge is 0.356 e. The molecule has 1 aromatic rings. The van der Waals surface area contributed by atoms with Gasteiger partial charge in [0, 0.05) is 38.9 Å². The number of hydrogen-bond acceptors (Lipinski definition) is 3. The molecule has 1 saturated heterocycles. The smallest absolute Gasteiger partial charge is 0.250 e. The van der Waals surface area contributed by atoms with Crippen LogP contribution in [0, 0.1) is 5.92 Å². The number of unbranched alkanes of at least 4 members (excludes halogenated alkanes) is 1. The van der Waals surface area contributed by atoms with E-state index in [1.807, 2.05) is 19.3 Å². The van der Waals surface area contributed by atoms with Crippen LogP contribution in [0.25, 0.3) is 0 Å². The van der Waals surface area contributed by atoms with E-state index in [1.54, 1.807) is 16.7 Å². The molecule has 2 heterocycles. The zero-order chi connectivity index (χ0) is 18.6. The fourth-order valence-corrected chi connectivity index (χ4v) is 3.28. The van der Waals surface area contributed by atoms with Crippen LogP contribution in [0.3, 0.4) is 0 Å². The predicted molar refractivity (Wildman–Crippen MR) is 109 cm³/mol. The molecule has 0 spiro atoms. The predicted octanol–water partition coefficient (Wildman–Crippen LogP) is 1.92.